The van der Waals surface area contributed by atoms with Gasteiger partial charge in [0.2, 0.25) is 0 Å². The van der Waals surface area contributed by atoms with E-state index in [0.717, 1.165) is 18.5 Å². The van der Waals surface area contributed by atoms with Gasteiger partial charge in [0.05, 0.1) is 0 Å². The molecule has 0 aliphatic heterocycles. The number of nitrogens with zero attached hydrogens (tertiary/aromatic N) is 1. The highest BCUT2D eigenvalue weighted by atomic mass is 19.1. The summed E-state index contributed by atoms with van der Waals surface area (Å²) in [6.07, 6.45) is 1.55. The van der Waals surface area contributed by atoms with E-state index in [4.69, 9.17) is 0 Å². The van der Waals surface area contributed by atoms with E-state index < -0.39 is 17.6 Å². The van der Waals surface area contributed by atoms with E-state index in [9.17, 15) is 14.0 Å². The molecule has 0 aromatic heterocycles. The Morgan fingerprint density at radius 1 is 0.960 bits per heavy atom. The minimum atomic E-state index is -0.762. The largest absolute Gasteiger partial charge is 0.378 e. The Balaban J connectivity index is 1.70. The lowest BCUT2D eigenvalue weighted by atomic mass is 10.1. The van der Waals surface area contributed by atoms with Gasteiger partial charge in [-0.25, -0.2) is 4.39 Å². The van der Waals surface area contributed by atoms with Crippen molar-refractivity contribution in [2.24, 2.45) is 0 Å². The summed E-state index contributed by atoms with van der Waals surface area (Å²) in [7, 11) is 3.98. The molecule has 0 fully saturated rings. The summed E-state index contributed by atoms with van der Waals surface area (Å²) in [4.78, 5) is 25.5. The number of anilines is 2. The number of carbonyl (C=O) groups is 2. The molecule has 0 spiro atoms. The number of aryl methyl sites for hydroxylation is 1. The Labute approximate surface area is 146 Å². The van der Waals surface area contributed by atoms with Gasteiger partial charge in [0.1, 0.15) is 5.82 Å². The molecule has 0 aliphatic rings. The summed E-state index contributed by atoms with van der Waals surface area (Å²) in [6.45, 7) is 0.408. The molecule has 2 amide bonds. The zero-order valence-electron chi connectivity index (χ0n) is 14.4. The van der Waals surface area contributed by atoms with Crippen LogP contribution in [0.3, 0.4) is 0 Å². The first kappa shape index (κ1) is 18.4. The summed E-state index contributed by atoms with van der Waals surface area (Å²) < 4.78 is 12.8. The Bertz CT molecular complexity index is 712. The van der Waals surface area contributed by atoms with Crippen molar-refractivity contribution in [1.82, 2.24) is 5.32 Å². The van der Waals surface area contributed by atoms with E-state index in [-0.39, 0.29) is 0 Å². The first-order valence-corrected chi connectivity index (χ1v) is 8.07. The third-order valence-corrected chi connectivity index (χ3v) is 3.69. The van der Waals surface area contributed by atoms with Crippen molar-refractivity contribution in [3.05, 3.63) is 59.9 Å². The third kappa shape index (κ3) is 5.91. The van der Waals surface area contributed by atoms with Crippen LogP contribution in [0.25, 0.3) is 0 Å². The van der Waals surface area contributed by atoms with Crippen LogP contribution < -0.4 is 15.5 Å². The zero-order chi connectivity index (χ0) is 18.2. The van der Waals surface area contributed by atoms with Crippen molar-refractivity contribution in [3.63, 3.8) is 0 Å². The Kier molecular flexibility index (Phi) is 6.51. The van der Waals surface area contributed by atoms with E-state index in [1.54, 1.807) is 0 Å². The molecule has 2 aromatic rings. The molecule has 6 heteroatoms. The summed E-state index contributed by atoms with van der Waals surface area (Å²) in [5.41, 5.74) is 2.69. The fourth-order valence-electron chi connectivity index (χ4n) is 2.26. The topological polar surface area (TPSA) is 61.4 Å². The third-order valence-electron chi connectivity index (χ3n) is 3.69. The molecule has 0 bridgehead atoms. The summed E-state index contributed by atoms with van der Waals surface area (Å²) in [5, 5.41) is 5.00. The van der Waals surface area contributed by atoms with Crippen LogP contribution in [0.1, 0.15) is 12.0 Å². The molecule has 2 aromatic carbocycles. The quantitative estimate of drug-likeness (QED) is 0.626. The number of halogens is 1. The van der Waals surface area contributed by atoms with Gasteiger partial charge in [0.25, 0.3) is 0 Å². The van der Waals surface area contributed by atoms with Crippen LogP contribution in [0.15, 0.2) is 48.5 Å². The lowest BCUT2D eigenvalue weighted by Crippen LogP contribution is -2.36. The molecule has 2 N–H and O–H groups in total. The minimum Gasteiger partial charge on any atom is -0.378 e. The molecule has 5 nitrogen and oxygen atoms in total. The molecule has 2 rings (SSSR count). The van der Waals surface area contributed by atoms with Crippen molar-refractivity contribution in [3.8, 4) is 0 Å². The number of carbonyl (C=O) groups excluding carboxylic acids is 2. The SMILES string of the molecule is CN(C)c1ccc(CCCNC(=O)C(=O)Nc2ccc(F)cc2)cc1. The normalized spacial score (nSPS) is 10.2. The highest BCUT2D eigenvalue weighted by Crippen LogP contribution is 2.13. The highest BCUT2D eigenvalue weighted by molar-refractivity contribution is 6.39. The lowest BCUT2D eigenvalue weighted by Gasteiger charge is -2.12. The zero-order valence-corrected chi connectivity index (χ0v) is 14.4. The van der Waals surface area contributed by atoms with E-state index in [0.29, 0.717) is 12.2 Å². The van der Waals surface area contributed by atoms with Crippen molar-refractivity contribution in [2.75, 3.05) is 30.9 Å². The predicted molar refractivity (Wildman–Crippen MR) is 97.1 cm³/mol. The summed E-state index contributed by atoms with van der Waals surface area (Å²) >= 11 is 0. The van der Waals surface area contributed by atoms with E-state index in [2.05, 4.69) is 22.8 Å². The Morgan fingerprint density at radius 2 is 1.60 bits per heavy atom. The van der Waals surface area contributed by atoms with Gasteiger partial charge in [-0.15, -0.1) is 0 Å². The number of hydrogen-bond acceptors (Lipinski definition) is 3. The minimum absolute atomic E-state index is 0.377. The fourth-order valence-corrected chi connectivity index (χ4v) is 2.26. The second kappa shape index (κ2) is 8.82. The highest BCUT2D eigenvalue weighted by Gasteiger charge is 2.12. The molecule has 132 valence electrons. The maximum Gasteiger partial charge on any atom is 0.313 e. The number of hydrogen-bond donors (Lipinski definition) is 2. The Morgan fingerprint density at radius 3 is 2.20 bits per heavy atom. The Hall–Kier alpha value is -2.89. The maximum absolute atomic E-state index is 12.8. The van der Waals surface area contributed by atoms with Crippen molar-refractivity contribution >= 4 is 23.2 Å². The first-order chi connectivity index (χ1) is 12.0. The van der Waals surface area contributed by atoms with Crippen molar-refractivity contribution in [2.45, 2.75) is 12.8 Å². The first-order valence-electron chi connectivity index (χ1n) is 8.07. The van der Waals surface area contributed by atoms with Crippen LogP contribution >= 0.6 is 0 Å². The molecular formula is C19H22FN3O2. The second-order valence-corrected chi connectivity index (χ2v) is 5.88. The van der Waals surface area contributed by atoms with Gasteiger partial charge in [0.15, 0.2) is 0 Å². The number of nitrogens with one attached hydrogen (secondary N) is 2. The van der Waals surface area contributed by atoms with Crippen molar-refractivity contribution in [1.29, 1.82) is 0 Å². The predicted octanol–water partition coefficient (Wildman–Crippen LogP) is 2.58. The summed E-state index contributed by atoms with van der Waals surface area (Å²) in [5.74, 6) is -1.87. The average Bonchev–Trinajstić information content (AvgIpc) is 2.60. The van der Waals surface area contributed by atoms with E-state index >= 15 is 0 Å². The van der Waals surface area contributed by atoms with Crippen LogP contribution in [-0.4, -0.2) is 32.5 Å². The van der Waals surface area contributed by atoms with Gasteiger partial charge in [-0.3, -0.25) is 9.59 Å². The standard InChI is InChI=1S/C19H22FN3O2/c1-23(2)17-11-5-14(6-12-17)4-3-13-21-18(24)19(25)22-16-9-7-15(20)8-10-16/h5-12H,3-4,13H2,1-2H3,(H,21,24)(H,22,25). The van der Waals surface area contributed by atoms with Crippen LogP contribution in [0.5, 0.6) is 0 Å². The molecule has 0 radical (unpaired) electrons. The van der Waals surface area contributed by atoms with Gasteiger partial charge >= 0.3 is 11.8 Å². The second-order valence-electron chi connectivity index (χ2n) is 5.88. The molecule has 0 heterocycles. The lowest BCUT2D eigenvalue weighted by molar-refractivity contribution is -0.136. The van der Waals surface area contributed by atoms with Gasteiger partial charge < -0.3 is 15.5 Å². The fraction of sp³-hybridized carbons (Fsp3) is 0.263. The molecule has 25 heavy (non-hydrogen) atoms. The van der Waals surface area contributed by atoms with E-state index in [1.807, 2.05) is 31.1 Å². The maximum atomic E-state index is 12.8. The van der Waals surface area contributed by atoms with Gasteiger partial charge in [0, 0.05) is 32.0 Å². The number of amides is 2. The van der Waals surface area contributed by atoms with E-state index in [1.165, 1.54) is 29.8 Å². The molecule has 0 unspecified atom stereocenters. The molecule has 0 saturated carbocycles. The van der Waals surface area contributed by atoms with Gasteiger partial charge in [-0.05, 0) is 54.8 Å². The summed E-state index contributed by atoms with van der Waals surface area (Å²) in [6, 6.07) is 13.4. The molecule has 0 aliphatic carbocycles. The van der Waals surface area contributed by atoms with Gasteiger partial charge in [-0.1, -0.05) is 12.1 Å². The monoisotopic (exact) mass is 343 g/mol. The van der Waals surface area contributed by atoms with Crippen LogP contribution in [0.4, 0.5) is 15.8 Å². The molecule has 0 atom stereocenters. The number of rotatable bonds is 6. The van der Waals surface area contributed by atoms with Gasteiger partial charge in [-0.2, -0.15) is 0 Å². The average molecular weight is 343 g/mol. The van der Waals surface area contributed by atoms with Crippen LogP contribution in [0, 0.1) is 5.82 Å². The van der Waals surface area contributed by atoms with Crippen LogP contribution in [0.2, 0.25) is 0 Å². The molecule has 0 saturated heterocycles. The smallest absolute Gasteiger partial charge is 0.313 e. The van der Waals surface area contributed by atoms with Crippen LogP contribution in [-0.2, 0) is 16.0 Å². The molecular weight excluding hydrogens is 321 g/mol. The van der Waals surface area contributed by atoms with Crippen molar-refractivity contribution < 1.29 is 14.0 Å². The number of benzene rings is 2.